The Morgan fingerprint density at radius 3 is 2.38 bits per heavy atom. The molecule has 0 aliphatic carbocycles. The Labute approximate surface area is 102 Å². The average Bonchev–Trinajstić information content (AvgIpc) is 2.36. The van der Waals surface area contributed by atoms with Crippen LogP contribution in [-0.4, -0.2) is 43.6 Å². The van der Waals surface area contributed by atoms with Gasteiger partial charge in [0.15, 0.2) is 0 Å². The number of nitrogens with one attached hydrogen (secondary N) is 1. The van der Waals surface area contributed by atoms with Crippen molar-refractivity contribution in [3.63, 3.8) is 0 Å². The quantitative estimate of drug-likeness (QED) is 0.700. The molecule has 3 saturated heterocycles. The van der Waals surface area contributed by atoms with E-state index in [-0.39, 0.29) is 5.72 Å². The molecule has 3 heterocycles. The fraction of sp³-hybridized carbons (Fsp3) is 1.00. The van der Waals surface area contributed by atoms with Gasteiger partial charge in [-0.2, -0.15) is 11.8 Å². The molecule has 0 bridgehead atoms. The molecule has 0 unspecified atom stereocenters. The van der Waals surface area contributed by atoms with Crippen LogP contribution in [0.2, 0.25) is 0 Å². The summed E-state index contributed by atoms with van der Waals surface area (Å²) < 4.78 is 11.7. The van der Waals surface area contributed by atoms with Crippen LogP contribution in [0, 0.1) is 5.41 Å². The van der Waals surface area contributed by atoms with Gasteiger partial charge in [-0.25, -0.2) is 0 Å². The maximum Gasteiger partial charge on any atom is 0.120 e. The predicted molar refractivity (Wildman–Crippen MR) is 65.7 cm³/mol. The first-order valence-electron chi connectivity index (χ1n) is 6.37. The zero-order valence-corrected chi connectivity index (χ0v) is 10.6. The van der Waals surface area contributed by atoms with E-state index in [1.54, 1.807) is 0 Å². The summed E-state index contributed by atoms with van der Waals surface area (Å²) in [5, 5.41) is 3.70. The van der Waals surface area contributed by atoms with E-state index in [9.17, 15) is 0 Å². The van der Waals surface area contributed by atoms with Gasteiger partial charge in [-0.05, 0) is 37.2 Å². The van der Waals surface area contributed by atoms with Crippen LogP contribution in [-0.2, 0) is 9.47 Å². The zero-order chi connectivity index (χ0) is 10.9. The minimum Gasteiger partial charge on any atom is -0.381 e. The highest BCUT2D eigenvalue weighted by atomic mass is 32.2. The molecule has 16 heavy (non-hydrogen) atoms. The van der Waals surface area contributed by atoms with E-state index in [2.05, 4.69) is 5.32 Å². The first kappa shape index (κ1) is 11.3. The molecule has 0 radical (unpaired) electrons. The van der Waals surface area contributed by atoms with Crippen molar-refractivity contribution in [3.05, 3.63) is 0 Å². The Hall–Kier alpha value is 0.230. The summed E-state index contributed by atoms with van der Waals surface area (Å²) in [4.78, 5) is 0. The Balaban J connectivity index is 1.61. The minimum absolute atomic E-state index is 0.0226. The van der Waals surface area contributed by atoms with Crippen LogP contribution in [0.3, 0.4) is 0 Å². The van der Waals surface area contributed by atoms with Crippen molar-refractivity contribution < 1.29 is 9.47 Å². The molecular formula is C12H21NO2S. The summed E-state index contributed by atoms with van der Waals surface area (Å²) in [6.07, 6.45) is 4.66. The van der Waals surface area contributed by atoms with Crippen LogP contribution < -0.4 is 5.32 Å². The van der Waals surface area contributed by atoms with Gasteiger partial charge in [-0.15, -0.1) is 0 Å². The maximum atomic E-state index is 6.22. The van der Waals surface area contributed by atoms with Crippen molar-refractivity contribution in [2.24, 2.45) is 5.41 Å². The average molecular weight is 243 g/mol. The SMILES string of the molecule is C1CC2(CCO1)CNC1(CCSCC1)OC2. The fourth-order valence-electron chi connectivity index (χ4n) is 2.89. The molecule has 4 heteroatoms. The Morgan fingerprint density at radius 1 is 1.00 bits per heavy atom. The van der Waals surface area contributed by atoms with Crippen molar-refractivity contribution in [2.75, 3.05) is 37.9 Å². The summed E-state index contributed by atoms with van der Waals surface area (Å²) in [5.74, 6) is 2.48. The summed E-state index contributed by atoms with van der Waals surface area (Å²) in [6, 6.07) is 0. The van der Waals surface area contributed by atoms with Gasteiger partial charge in [-0.1, -0.05) is 0 Å². The zero-order valence-electron chi connectivity index (χ0n) is 9.80. The van der Waals surface area contributed by atoms with E-state index in [1.165, 1.54) is 24.3 Å². The topological polar surface area (TPSA) is 30.5 Å². The van der Waals surface area contributed by atoms with Crippen LogP contribution in [0.4, 0.5) is 0 Å². The van der Waals surface area contributed by atoms with E-state index in [4.69, 9.17) is 9.47 Å². The van der Waals surface area contributed by atoms with E-state index >= 15 is 0 Å². The maximum absolute atomic E-state index is 6.22. The highest BCUT2D eigenvalue weighted by Crippen LogP contribution is 2.39. The lowest BCUT2D eigenvalue weighted by Crippen LogP contribution is -2.61. The lowest BCUT2D eigenvalue weighted by atomic mass is 9.79. The lowest BCUT2D eigenvalue weighted by Gasteiger charge is -2.50. The molecule has 1 N–H and O–H groups in total. The first-order chi connectivity index (χ1) is 7.83. The van der Waals surface area contributed by atoms with Crippen LogP contribution in [0.1, 0.15) is 25.7 Å². The number of ether oxygens (including phenoxy) is 2. The molecule has 3 rings (SSSR count). The molecule has 0 amide bonds. The van der Waals surface area contributed by atoms with Gasteiger partial charge >= 0.3 is 0 Å². The summed E-state index contributed by atoms with van der Waals surface area (Å²) >= 11 is 2.05. The largest absolute Gasteiger partial charge is 0.381 e. The molecule has 0 aromatic heterocycles. The van der Waals surface area contributed by atoms with Crippen LogP contribution in [0.15, 0.2) is 0 Å². The van der Waals surface area contributed by atoms with Gasteiger partial charge in [0, 0.05) is 25.2 Å². The Kier molecular flexibility index (Phi) is 3.17. The van der Waals surface area contributed by atoms with Gasteiger partial charge in [0.1, 0.15) is 5.72 Å². The number of thioether (sulfide) groups is 1. The molecule has 0 atom stereocenters. The second-order valence-electron chi connectivity index (χ2n) is 5.36. The van der Waals surface area contributed by atoms with Gasteiger partial charge in [-0.3, -0.25) is 5.32 Å². The second kappa shape index (κ2) is 4.48. The third kappa shape index (κ3) is 2.13. The van der Waals surface area contributed by atoms with Crippen LogP contribution in [0.5, 0.6) is 0 Å². The highest BCUT2D eigenvalue weighted by Gasteiger charge is 2.44. The summed E-state index contributed by atoms with van der Waals surface area (Å²) in [6.45, 7) is 3.89. The van der Waals surface area contributed by atoms with Crippen LogP contribution in [0.25, 0.3) is 0 Å². The number of hydrogen-bond donors (Lipinski definition) is 1. The number of rotatable bonds is 0. The number of hydrogen-bond acceptors (Lipinski definition) is 4. The molecule has 0 aromatic carbocycles. The van der Waals surface area contributed by atoms with E-state index < -0.39 is 0 Å². The van der Waals surface area contributed by atoms with Crippen molar-refractivity contribution in [1.29, 1.82) is 0 Å². The molecule has 92 valence electrons. The smallest absolute Gasteiger partial charge is 0.120 e. The predicted octanol–water partition coefficient (Wildman–Crippen LogP) is 1.63. The van der Waals surface area contributed by atoms with Crippen molar-refractivity contribution in [2.45, 2.75) is 31.4 Å². The van der Waals surface area contributed by atoms with Gasteiger partial charge in [0.25, 0.3) is 0 Å². The molecule has 3 aliphatic heterocycles. The summed E-state index contributed by atoms with van der Waals surface area (Å²) in [7, 11) is 0. The van der Waals surface area contributed by atoms with E-state index in [0.29, 0.717) is 5.41 Å². The highest BCUT2D eigenvalue weighted by molar-refractivity contribution is 7.99. The second-order valence-corrected chi connectivity index (χ2v) is 6.59. The lowest BCUT2D eigenvalue weighted by molar-refractivity contribution is -0.168. The third-order valence-electron chi connectivity index (χ3n) is 4.29. The van der Waals surface area contributed by atoms with Crippen molar-refractivity contribution in [3.8, 4) is 0 Å². The first-order valence-corrected chi connectivity index (χ1v) is 7.53. The molecule has 0 aromatic rings. The summed E-state index contributed by atoms with van der Waals surface area (Å²) in [5.41, 5.74) is 0.392. The van der Waals surface area contributed by atoms with Crippen molar-refractivity contribution >= 4 is 11.8 Å². The van der Waals surface area contributed by atoms with E-state index in [1.807, 2.05) is 11.8 Å². The Bertz CT molecular complexity index is 209. The normalized spacial score (nSPS) is 33.0. The van der Waals surface area contributed by atoms with Gasteiger partial charge in [0.05, 0.1) is 6.61 Å². The van der Waals surface area contributed by atoms with Crippen LogP contribution >= 0.6 is 11.8 Å². The van der Waals surface area contributed by atoms with Crippen molar-refractivity contribution in [1.82, 2.24) is 5.32 Å². The van der Waals surface area contributed by atoms with E-state index in [0.717, 1.165) is 39.2 Å². The molecule has 3 aliphatic rings. The van der Waals surface area contributed by atoms with Gasteiger partial charge < -0.3 is 9.47 Å². The molecular weight excluding hydrogens is 222 g/mol. The minimum atomic E-state index is 0.0226. The third-order valence-corrected chi connectivity index (χ3v) is 5.28. The molecule has 0 saturated carbocycles. The molecule has 3 fully saturated rings. The fourth-order valence-corrected chi connectivity index (χ4v) is 4.04. The van der Waals surface area contributed by atoms with Gasteiger partial charge in [0.2, 0.25) is 0 Å². The Morgan fingerprint density at radius 2 is 1.75 bits per heavy atom. The molecule has 2 spiro atoms. The molecule has 3 nitrogen and oxygen atoms in total. The monoisotopic (exact) mass is 243 g/mol. The standard InChI is InChI=1S/C12H21NO2S/c1-5-14-6-2-11(1)9-13-12(15-10-11)3-7-16-8-4-12/h13H,1-10H2.